The first-order valence-electron chi connectivity index (χ1n) is 8.57. The van der Waals surface area contributed by atoms with E-state index in [1.54, 1.807) is 7.11 Å². The van der Waals surface area contributed by atoms with Crippen molar-refractivity contribution in [1.29, 1.82) is 0 Å². The highest BCUT2D eigenvalue weighted by Crippen LogP contribution is 2.27. The van der Waals surface area contributed by atoms with E-state index >= 15 is 0 Å². The number of benzene rings is 2. The molecule has 3 rings (SSSR count). The third-order valence-corrected chi connectivity index (χ3v) is 4.46. The fourth-order valence-electron chi connectivity index (χ4n) is 2.73. The molecule has 5 heteroatoms. The van der Waals surface area contributed by atoms with Crippen molar-refractivity contribution in [2.45, 2.75) is 32.3 Å². The second-order valence-electron chi connectivity index (χ2n) is 6.95. The number of aliphatic hydroxyl groups is 1. The zero-order valence-electron chi connectivity index (χ0n) is 15.2. The molecule has 0 saturated carbocycles. The summed E-state index contributed by atoms with van der Waals surface area (Å²) >= 11 is 6.03. The number of ether oxygens (including phenoxy) is 1. The Kier molecular flexibility index (Phi) is 5.35. The predicted octanol–water partition coefficient (Wildman–Crippen LogP) is 4.90. The number of hydrogen-bond acceptors (Lipinski definition) is 3. The van der Waals surface area contributed by atoms with E-state index in [4.69, 9.17) is 21.4 Å². The molecule has 136 valence electrons. The molecule has 0 fully saturated rings. The van der Waals surface area contributed by atoms with E-state index in [1.165, 1.54) is 0 Å². The molecular weight excluding hydrogens is 348 g/mol. The van der Waals surface area contributed by atoms with Crippen LogP contribution in [-0.4, -0.2) is 27.6 Å². The topological polar surface area (TPSA) is 47.3 Å². The minimum Gasteiger partial charge on any atom is -0.497 e. The molecule has 1 aromatic heterocycles. The first kappa shape index (κ1) is 18.5. The minimum absolute atomic E-state index is 0.646. The highest BCUT2D eigenvalue weighted by atomic mass is 35.5. The number of halogens is 1. The van der Waals surface area contributed by atoms with Crippen LogP contribution in [0.4, 0.5) is 0 Å². The van der Waals surface area contributed by atoms with Crippen LogP contribution in [0.15, 0.2) is 54.6 Å². The summed E-state index contributed by atoms with van der Waals surface area (Å²) in [5.41, 5.74) is 3.19. The van der Waals surface area contributed by atoms with Crippen molar-refractivity contribution in [2.75, 3.05) is 7.11 Å². The van der Waals surface area contributed by atoms with Gasteiger partial charge < -0.3 is 9.84 Å². The lowest BCUT2D eigenvalue weighted by Crippen LogP contribution is -2.19. The third-order valence-electron chi connectivity index (χ3n) is 4.21. The summed E-state index contributed by atoms with van der Waals surface area (Å²) in [6.07, 6.45) is 1.35. The molecule has 1 heterocycles. The van der Waals surface area contributed by atoms with E-state index in [1.807, 2.05) is 67.1 Å². The smallest absolute Gasteiger partial charge is 0.119 e. The van der Waals surface area contributed by atoms with Gasteiger partial charge in [-0.15, -0.1) is 0 Å². The van der Waals surface area contributed by atoms with E-state index < -0.39 is 5.60 Å². The predicted molar refractivity (Wildman–Crippen MR) is 105 cm³/mol. The lowest BCUT2D eigenvalue weighted by atomic mass is 10.0. The first-order valence-corrected chi connectivity index (χ1v) is 8.95. The van der Waals surface area contributed by atoms with Crippen LogP contribution in [0, 0.1) is 0 Å². The monoisotopic (exact) mass is 370 g/mol. The lowest BCUT2D eigenvalue weighted by Gasteiger charge is -2.15. The van der Waals surface area contributed by atoms with Gasteiger partial charge in [0.15, 0.2) is 0 Å². The Morgan fingerprint density at radius 3 is 2.31 bits per heavy atom. The summed E-state index contributed by atoms with van der Waals surface area (Å²) < 4.78 is 7.16. The van der Waals surface area contributed by atoms with Gasteiger partial charge in [0.2, 0.25) is 0 Å². The van der Waals surface area contributed by atoms with E-state index in [9.17, 15) is 5.11 Å². The maximum Gasteiger partial charge on any atom is 0.119 e. The maximum absolute atomic E-state index is 10.0. The van der Waals surface area contributed by atoms with Gasteiger partial charge in [-0.05, 0) is 69.2 Å². The number of hydrogen-bond donors (Lipinski definition) is 1. The van der Waals surface area contributed by atoms with Crippen LogP contribution < -0.4 is 4.74 Å². The Labute approximate surface area is 159 Å². The molecule has 0 unspecified atom stereocenters. The number of aromatic nitrogens is 2. The maximum atomic E-state index is 10.0. The van der Waals surface area contributed by atoms with E-state index in [2.05, 4.69) is 6.07 Å². The zero-order chi connectivity index (χ0) is 18.7. The fourth-order valence-corrected chi connectivity index (χ4v) is 2.86. The molecule has 3 aromatic rings. The summed E-state index contributed by atoms with van der Waals surface area (Å²) in [7, 11) is 1.65. The lowest BCUT2D eigenvalue weighted by molar-refractivity contribution is 0.0711. The zero-order valence-corrected chi connectivity index (χ0v) is 16.0. The third kappa shape index (κ3) is 4.45. The molecule has 0 amide bonds. The number of nitrogens with zero attached hydrogens (tertiary/aromatic N) is 2. The van der Waals surface area contributed by atoms with Crippen LogP contribution in [-0.2, 0) is 6.42 Å². The van der Waals surface area contributed by atoms with Gasteiger partial charge in [0.25, 0.3) is 0 Å². The van der Waals surface area contributed by atoms with Gasteiger partial charge in [0.05, 0.1) is 29.8 Å². The van der Waals surface area contributed by atoms with E-state index in [0.717, 1.165) is 28.4 Å². The average molecular weight is 371 g/mol. The van der Waals surface area contributed by atoms with Crippen LogP contribution >= 0.6 is 11.6 Å². The quantitative estimate of drug-likeness (QED) is 0.671. The van der Waals surface area contributed by atoms with E-state index in [-0.39, 0.29) is 0 Å². The van der Waals surface area contributed by atoms with Gasteiger partial charge in [0, 0.05) is 10.6 Å². The molecule has 4 nitrogen and oxygen atoms in total. The number of rotatable bonds is 6. The van der Waals surface area contributed by atoms with Crippen molar-refractivity contribution in [3.05, 3.63) is 65.3 Å². The molecule has 0 saturated heterocycles. The summed E-state index contributed by atoms with van der Waals surface area (Å²) in [6, 6.07) is 17.6. The number of methoxy groups -OCH3 is 1. The molecule has 0 aliphatic heterocycles. The van der Waals surface area contributed by atoms with Crippen LogP contribution in [0.1, 0.15) is 26.0 Å². The second kappa shape index (κ2) is 7.52. The number of aryl methyl sites for hydroxylation is 1. The van der Waals surface area contributed by atoms with Gasteiger partial charge in [-0.1, -0.05) is 23.7 Å². The highest BCUT2D eigenvalue weighted by Gasteiger charge is 2.16. The normalized spacial score (nSPS) is 11.6. The van der Waals surface area contributed by atoms with Crippen molar-refractivity contribution in [3.8, 4) is 22.7 Å². The SMILES string of the molecule is COc1ccc(-n2nc(CCC(C)(C)O)cc2-c2ccc(Cl)cc2)cc1. The average Bonchev–Trinajstić information content (AvgIpc) is 3.04. The summed E-state index contributed by atoms with van der Waals surface area (Å²) in [5, 5.41) is 15.5. The van der Waals surface area contributed by atoms with Gasteiger partial charge in [-0.2, -0.15) is 5.10 Å². The Bertz CT molecular complexity index is 863. The van der Waals surface area contributed by atoms with Gasteiger partial charge in [0.1, 0.15) is 5.75 Å². The van der Waals surface area contributed by atoms with Crippen molar-refractivity contribution >= 4 is 11.6 Å². The molecule has 0 atom stereocenters. The molecule has 0 aliphatic rings. The summed E-state index contributed by atoms with van der Waals surface area (Å²) in [5.74, 6) is 0.802. The van der Waals surface area contributed by atoms with Crippen LogP contribution in [0.25, 0.3) is 16.9 Å². The van der Waals surface area contributed by atoms with Gasteiger partial charge >= 0.3 is 0 Å². The van der Waals surface area contributed by atoms with Gasteiger partial charge in [-0.25, -0.2) is 4.68 Å². The van der Waals surface area contributed by atoms with Crippen molar-refractivity contribution in [3.63, 3.8) is 0 Å². The second-order valence-corrected chi connectivity index (χ2v) is 7.39. The molecule has 2 aromatic carbocycles. The standard InChI is InChI=1S/C21H23ClN2O2/c1-21(2,25)13-12-17-14-20(15-4-6-16(22)7-5-15)24(23-17)18-8-10-19(26-3)11-9-18/h4-11,14,25H,12-13H2,1-3H3. The Morgan fingerprint density at radius 2 is 1.73 bits per heavy atom. The Balaban J connectivity index is 2.01. The summed E-state index contributed by atoms with van der Waals surface area (Å²) in [6.45, 7) is 3.63. The molecular formula is C21H23ClN2O2. The molecule has 0 radical (unpaired) electrons. The Hall–Kier alpha value is -2.30. The molecule has 0 bridgehead atoms. The minimum atomic E-state index is -0.718. The van der Waals surface area contributed by atoms with Crippen molar-refractivity contribution in [2.24, 2.45) is 0 Å². The van der Waals surface area contributed by atoms with Crippen LogP contribution in [0.5, 0.6) is 5.75 Å². The fraction of sp³-hybridized carbons (Fsp3) is 0.286. The van der Waals surface area contributed by atoms with Crippen LogP contribution in [0.2, 0.25) is 5.02 Å². The first-order chi connectivity index (χ1) is 12.4. The molecule has 26 heavy (non-hydrogen) atoms. The molecule has 0 spiro atoms. The summed E-state index contributed by atoms with van der Waals surface area (Å²) in [4.78, 5) is 0. The van der Waals surface area contributed by atoms with Crippen LogP contribution in [0.3, 0.4) is 0 Å². The van der Waals surface area contributed by atoms with Crippen molar-refractivity contribution in [1.82, 2.24) is 9.78 Å². The van der Waals surface area contributed by atoms with Gasteiger partial charge in [-0.3, -0.25) is 0 Å². The highest BCUT2D eigenvalue weighted by molar-refractivity contribution is 6.30. The van der Waals surface area contributed by atoms with E-state index in [0.29, 0.717) is 17.9 Å². The van der Waals surface area contributed by atoms with Crippen molar-refractivity contribution < 1.29 is 9.84 Å². The molecule has 0 aliphatic carbocycles. The largest absolute Gasteiger partial charge is 0.497 e. The Morgan fingerprint density at radius 1 is 1.08 bits per heavy atom. The molecule has 1 N–H and O–H groups in total.